The van der Waals surface area contributed by atoms with Crippen LogP contribution in [0.15, 0.2) is 12.1 Å². The second kappa shape index (κ2) is 7.77. The van der Waals surface area contributed by atoms with Crippen molar-refractivity contribution in [1.82, 2.24) is 34.5 Å². The van der Waals surface area contributed by atoms with Gasteiger partial charge in [0.15, 0.2) is 11.5 Å². The number of aryl methyl sites for hydroxylation is 1. The molecule has 0 aliphatic carbocycles. The highest BCUT2D eigenvalue weighted by Gasteiger charge is 2.20. The zero-order valence-electron chi connectivity index (χ0n) is 16.2. The smallest absolute Gasteiger partial charge is 0.223 e. The van der Waals surface area contributed by atoms with Gasteiger partial charge in [0, 0.05) is 65.2 Å². The van der Waals surface area contributed by atoms with E-state index >= 15 is 0 Å². The monoisotopic (exact) mass is 372 g/mol. The number of fused-ring (bicyclic) bond motifs is 1. The molecule has 2 aromatic rings. The number of anilines is 1. The normalized spacial score (nSPS) is 19.8. The Bertz CT molecular complexity index is 790. The predicted molar refractivity (Wildman–Crippen MR) is 103 cm³/mol. The molecule has 2 aliphatic heterocycles. The van der Waals surface area contributed by atoms with Crippen molar-refractivity contribution in [3.8, 4) is 0 Å². The van der Waals surface area contributed by atoms with E-state index in [-0.39, 0.29) is 5.91 Å². The van der Waals surface area contributed by atoms with Gasteiger partial charge in [0.2, 0.25) is 5.91 Å². The zero-order chi connectivity index (χ0) is 18.8. The van der Waals surface area contributed by atoms with Crippen LogP contribution in [-0.2, 0) is 11.2 Å². The number of rotatable bonds is 4. The maximum Gasteiger partial charge on any atom is 0.223 e. The van der Waals surface area contributed by atoms with E-state index in [0.717, 1.165) is 69.6 Å². The molecule has 4 heterocycles. The molecular weight excluding hydrogens is 344 g/mol. The number of hydrogen-bond donors (Lipinski definition) is 0. The summed E-state index contributed by atoms with van der Waals surface area (Å²) in [6.07, 6.45) is 1.01. The summed E-state index contributed by atoms with van der Waals surface area (Å²) in [5, 5.41) is 13.2. The summed E-state index contributed by atoms with van der Waals surface area (Å²) in [6, 6.07) is 3.97. The lowest BCUT2D eigenvalue weighted by Crippen LogP contribution is -2.47. The van der Waals surface area contributed by atoms with Crippen LogP contribution in [0.1, 0.15) is 12.2 Å². The first kappa shape index (κ1) is 18.1. The fraction of sp³-hybridized carbons (Fsp3) is 0.667. The Labute approximate surface area is 159 Å². The van der Waals surface area contributed by atoms with Crippen LogP contribution in [0, 0.1) is 0 Å². The highest BCUT2D eigenvalue weighted by Crippen LogP contribution is 2.15. The number of piperazine rings is 2. The molecule has 146 valence electrons. The Kier molecular flexibility index (Phi) is 5.22. The SMILES string of the molecule is CN1CCN(C(=O)CCc2nnc3ccc(N4CCN(C)CC4)nn23)CC1. The highest BCUT2D eigenvalue weighted by molar-refractivity contribution is 5.76. The van der Waals surface area contributed by atoms with E-state index in [1.807, 2.05) is 17.0 Å². The zero-order valence-corrected chi connectivity index (χ0v) is 16.2. The molecule has 0 unspecified atom stereocenters. The third kappa shape index (κ3) is 4.03. The Morgan fingerprint density at radius 1 is 0.926 bits per heavy atom. The van der Waals surface area contributed by atoms with Crippen molar-refractivity contribution in [3.63, 3.8) is 0 Å². The van der Waals surface area contributed by atoms with Gasteiger partial charge in [-0.25, -0.2) is 0 Å². The first-order chi connectivity index (χ1) is 13.1. The van der Waals surface area contributed by atoms with Crippen LogP contribution in [0.4, 0.5) is 5.82 Å². The Balaban J connectivity index is 1.42. The molecule has 0 saturated carbocycles. The van der Waals surface area contributed by atoms with Crippen LogP contribution in [0.25, 0.3) is 5.65 Å². The van der Waals surface area contributed by atoms with Crippen molar-refractivity contribution >= 4 is 17.4 Å². The molecule has 2 fully saturated rings. The molecule has 0 aromatic carbocycles. The van der Waals surface area contributed by atoms with Gasteiger partial charge >= 0.3 is 0 Å². The van der Waals surface area contributed by atoms with Crippen LogP contribution in [-0.4, -0.2) is 107 Å². The fourth-order valence-electron chi connectivity index (χ4n) is 3.62. The van der Waals surface area contributed by atoms with Crippen molar-refractivity contribution < 1.29 is 4.79 Å². The first-order valence-electron chi connectivity index (χ1n) is 9.71. The molecule has 0 N–H and O–H groups in total. The van der Waals surface area contributed by atoms with Crippen molar-refractivity contribution in [3.05, 3.63) is 18.0 Å². The largest absolute Gasteiger partial charge is 0.353 e. The minimum absolute atomic E-state index is 0.190. The second-order valence-electron chi connectivity index (χ2n) is 7.55. The van der Waals surface area contributed by atoms with Gasteiger partial charge in [-0.3, -0.25) is 4.79 Å². The molecule has 2 aromatic heterocycles. The van der Waals surface area contributed by atoms with E-state index in [2.05, 4.69) is 39.0 Å². The first-order valence-corrected chi connectivity index (χ1v) is 9.71. The molecule has 2 aliphatic rings. The molecule has 0 bridgehead atoms. The van der Waals surface area contributed by atoms with E-state index in [1.165, 1.54) is 0 Å². The summed E-state index contributed by atoms with van der Waals surface area (Å²) in [5.74, 6) is 1.89. The molecule has 4 rings (SSSR count). The summed E-state index contributed by atoms with van der Waals surface area (Å²) in [6.45, 7) is 7.50. The van der Waals surface area contributed by atoms with Crippen molar-refractivity contribution in [2.75, 3.05) is 71.4 Å². The number of nitrogens with zero attached hydrogens (tertiary/aromatic N) is 8. The van der Waals surface area contributed by atoms with Crippen LogP contribution in [0.2, 0.25) is 0 Å². The molecule has 0 atom stereocenters. The summed E-state index contributed by atoms with van der Waals surface area (Å²) in [7, 11) is 4.23. The minimum Gasteiger partial charge on any atom is -0.353 e. The number of likely N-dealkylation sites (N-methyl/N-ethyl adjacent to an activating group) is 2. The molecule has 0 spiro atoms. The maximum atomic E-state index is 12.5. The summed E-state index contributed by atoms with van der Waals surface area (Å²) < 4.78 is 1.80. The van der Waals surface area contributed by atoms with Crippen LogP contribution in [0.5, 0.6) is 0 Å². The summed E-state index contributed by atoms with van der Waals surface area (Å²) in [4.78, 5) is 21.3. The van der Waals surface area contributed by atoms with Gasteiger partial charge in [0.1, 0.15) is 5.82 Å². The average Bonchev–Trinajstić information content (AvgIpc) is 3.09. The predicted octanol–water partition coefficient (Wildman–Crippen LogP) is -0.417. The third-order valence-corrected chi connectivity index (χ3v) is 5.56. The molecule has 2 saturated heterocycles. The van der Waals surface area contributed by atoms with Crippen LogP contribution in [0.3, 0.4) is 0 Å². The molecule has 27 heavy (non-hydrogen) atoms. The third-order valence-electron chi connectivity index (χ3n) is 5.56. The number of amides is 1. The van der Waals surface area contributed by atoms with Gasteiger partial charge in [0.05, 0.1) is 0 Å². The number of aromatic nitrogens is 4. The minimum atomic E-state index is 0.190. The quantitative estimate of drug-likeness (QED) is 0.722. The Hall–Kier alpha value is -2.26. The van der Waals surface area contributed by atoms with Gasteiger partial charge in [-0.15, -0.1) is 15.3 Å². The van der Waals surface area contributed by atoms with Crippen molar-refractivity contribution in [2.24, 2.45) is 0 Å². The van der Waals surface area contributed by atoms with Gasteiger partial charge in [-0.05, 0) is 26.2 Å². The van der Waals surface area contributed by atoms with Gasteiger partial charge in [0.25, 0.3) is 0 Å². The standard InChI is InChI=1S/C18H28N8O/c1-22-7-11-24(12-8-22)17-4-3-15-19-20-16(26(15)21-17)5-6-18(27)25-13-9-23(2)10-14-25/h3-4H,5-14H2,1-2H3. The second-order valence-corrected chi connectivity index (χ2v) is 7.55. The van der Waals surface area contributed by atoms with Crippen LogP contribution >= 0.6 is 0 Å². The van der Waals surface area contributed by atoms with Crippen LogP contribution < -0.4 is 4.90 Å². The Morgan fingerprint density at radius 2 is 1.59 bits per heavy atom. The summed E-state index contributed by atoms with van der Waals surface area (Å²) in [5.41, 5.74) is 0.731. The number of carbonyl (C=O) groups excluding carboxylic acids is 1. The molecule has 1 amide bonds. The van der Waals surface area contributed by atoms with E-state index in [1.54, 1.807) is 4.52 Å². The van der Waals surface area contributed by atoms with Gasteiger partial charge < -0.3 is 19.6 Å². The van der Waals surface area contributed by atoms with E-state index in [4.69, 9.17) is 5.10 Å². The summed E-state index contributed by atoms with van der Waals surface area (Å²) >= 11 is 0. The topological polar surface area (TPSA) is 73.1 Å². The number of hydrogen-bond acceptors (Lipinski definition) is 7. The maximum absolute atomic E-state index is 12.5. The average molecular weight is 372 g/mol. The lowest BCUT2D eigenvalue weighted by Gasteiger charge is -2.33. The van der Waals surface area contributed by atoms with E-state index in [0.29, 0.717) is 12.8 Å². The number of carbonyl (C=O) groups is 1. The van der Waals surface area contributed by atoms with Gasteiger partial charge in [-0.1, -0.05) is 0 Å². The van der Waals surface area contributed by atoms with E-state index in [9.17, 15) is 4.79 Å². The lowest BCUT2D eigenvalue weighted by molar-refractivity contribution is -0.132. The molecule has 0 radical (unpaired) electrons. The molecule has 9 nitrogen and oxygen atoms in total. The van der Waals surface area contributed by atoms with Crippen molar-refractivity contribution in [1.29, 1.82) is 0 Å². The molecule has 9 heteroatoms. The fourth-order valence-corrected chi connectivity index (χ4v) is 3.62. The Morgan fingerprint density at radius 3 is 2.30 bits per heavy atom. The van der Waals surface area contributed by atoms with E-state index < -0.39 is 0 Å². The van der Waals surface area contributed by atoms with Crippen molar-refractivity contribution in [2.45, 2.75) is 12.8 Å². The lowest BCUT2D eigenvalue weighted by atomic mass is 10.2. The van der Waals surface area contributed by atoms with Gasteiger partial charge in [-0.2, -0.15) is 4.52 Å². The molecular formula is C18H28N8O. The highest BCUT2D eigenvalue weighted by atomic mass is 16.2.